The van der Waals surface area contributed by atoms with Gasteiger partial charge >= 0.3 is 0 Å². The van der Waals surface area contributed by atoms with E-state index < -0.39 is 10.0 Å². The van der Waals surface area contributed by atoms with Gasteiger partial charge in [0.05, 0.1) is 17.4 Å². The normalized spacial score (nSPS) is 11.0. The highest BCUT2D eigenvalue weighted by Gasteiger charge is 2.10. The maximum atomic E-state index is 11.9. The maximum absolute atomic E-state index is 11.9. The van der Waals surface area contributed by atoms with E-state index in [9.17, 15) is 8.42 Å². The van der Waals surface area contributed by atoms with Gasteiger partial charge in [0.25, 0.3) is 0 Å². The molecule has 0 amide bonds. The molecule has 0 saturated carbocycles. The molecule has 0 fully saturated rings. The van der Waals surface area contributed by atoms with E-state index in [1.807, 2.05) is 36.4 Å². The summed E-state index contributed by atoms with van der Waals surface area (Å²) in [6, 6.07) is 18.4. The minimum atomic E-state index is -3.31. The van der Waals surface area contributed by atoms with E-state index in [1.165, 1.54) is 0 Å². The monoisotopic (exact) mass is 300 g/mol. The van der Waals surface area contributed by atoms with Crippen molar-refractivity contribution in [2.75, 3.05) is 5.75 Å². The first-order valence-corrected chi connectivity index (χ1v) is 8.24. The van der Waals surface area contributed by atoms with E-state index in [2.05, 4.69) is 4.72 Å². The Morgan fingerprint density at radius 3 is 2.24 bits per heavy atom. The Balaban J connectivity index is 1.87. The Morgan fingerprint density at radius 2 is 1.62 bits per heavy atom. The van der Waals surface area contributed by atoms with Gasteiger partial charge in [-0.25, -0.2) is 13.1 Å². The summed E-state index contributed by atoms with van der Waals surface area (Å²) in [6.07, 6.45) is 0.490. The van der Waals surface area contributed by atoms with Crippen LogP contribution in [0.15, 0.2) is 54.6 Å². The SMILES string of the molecule is N#Cc1ccc(CNS(=O)(=O)CCc2ccccc2)cc1. The second-order valence-electron chi connectivity index (χ2n) is 4.68. The minimum Gasteiger partial charge on any atom is -0.212 e. The van der Waals surface area contributed by atoms with Crippen molar-refractivity contribution in [2.24, 2.45) is 0 Å². The molecule has 0 atom stereocenters. The summed E-state index contributed by atoms with van der Waals surface area (Å²) in [7, 11) is -3.31. The van der Waals surface area contributed by atoms with Crippen LogP contribution in [0.2, 0.25) is 0 Å². The fourth-order valence-corrected chi connectivity index (χ4v) is 2.89. The van der Waals surface area contributed by atoms with Gasteiger partial charge in [-0.1, -0.05) is 42.5 Å². The molecule has 5 heteroatoms. The van der Waals surface area contributed by atoms with E-state index in [0.29, 0.717) is 12.0 Å². The van der Waals surface area contributed by atoms with Crippen molar-refractivity contribution >= 4 is 10.0 Å². The molecule has 0 radical (unpaired) electrons. The number of nitrogens with one attached hydrogen (secondary N) is 1. The van der Waals surface area contributed by atoms with Crippen molar-refractivity contribution < 1.29 is 8.42 Å². The molecule has 2 aromatic rings. The average molecular weight is 300 g/mol. The van der Waals surface area contributed by atoms with Gasteiger partial charge in [-0.15, -0.1) is 0 Å². The zero-order valence-electron chi connectivity index (χ0n) is 11.5. The van der Waals surface area contributed by atoms with Gasteiger partial charge in [0.2, 0.25) is 10.0 Å². The first-order chi connectivity index (χ1) is 10.1. The van der Waals surface area contributed by atoms with E-state index in [1.54, 1.807) is 24.3 Å². The zero-order chi connectivity index (χ0) is 15.1. The van der Waals surface area contributed by atoms with E-state index in [4.69, 9.17) is 5.26 Å². The summed E-state index contributed by atoms with van der Waals surface area (Å²) in [5, 5.41) is 8.70. The van der Waals surface area contributed by atoms with Crippen LogP contribution >= 0.6 is 0 Å². The molecule has 0 bridgehead atoms. The molecule has 2 aromatic carbocycles. The number of hydrogen-bond donors (Lipinski definition) is 1. The molecule has 0 aromatic heterocycles. The van der Waals surface area contributed by atoms with Gasteiger partial charge < -0.3 is 0 Å². The third-order valence-corrected chi connectivity index (χ3v) is 4.41. The quantitative estimate of drug-likeness (QED) is 0.889. The average Bonchev–Trinajstić information content (AvgIpc) is 2.53. The number of nitrogens with zero attached hydrogens (tertiary/aromatic N) is 1. The van der Waals surface area contributed by atoms with Crippen LogP contribution < -0.4 is 4.72 Å². The Bertz CT molecular complexity index is 717. The largest absolute Gasteiger partial charge is 0.212 e. The summed E-state index contributed by atoms with van der Waals surface area (Å²) >= 11 is 0. The van der Waals surface area contributed by atoms with E-state index >= 15 is 0 Å². The molecule has 0 heterocycles. The molecule has 4 nitrogen and oxygen atoms in total. The molecular weight excluding hydrogens is 284 g/mol. The van der Waals surface area contributed by atoms with Crippen molar-refractivity contribution in [1.82, 2.24) is 4.72 Å². The Morgan fingerprint density at radius 1 is 0.952 bits per heavy atom. The van der Waals surface area contributed by atoms with E-state index in [0.717, 1.165) is 11.1 Å². The zero-order valence-corrected chi connectivity index (χ0v) is 12.3. The molecule has 108 valence electrons. The lowest BCUT2D eigenvalue weighted by Gasteiger charge is -2.07. The lowest BCUT2D eigenvalue weighted by Crippen LogP contribution is -2.26. The summed E-state index contributed by atoms with van der Waals surface area (Å²) in [6.45, 7) is 0.239. The van der Waals surface area contributed by atoms with Crippen LogP contribution in [0.25, 0.3) is 0 Å². The molecule has 0 saturated heterocycles. The van der Waals surface area contributed by atoms with Crippen LogP contribution in [0.3, 0.4) is 0 Å². The second kappa shape index (κ2) is 7.02. The smallest absolute Gasteiger partial charge is 0.212 e. The Hall–Kier alpha value is -2.16. The van der Waals surface area contributed by atoms with Crippen molar-refractivity contribution in [1.29, 1.82) is 5.26 Å². The van der Waals surface area contributed by atoms with Gasteiger partial charge in [-0.3, -0.25) is 0 Å². The standard InChI is InChI=1S/C16H16N2O2S/c17-12-15-6-8-16(9-7-15)13-18-21(19,20)11-10-14-4-2-1-3-5-14/h1-9,18H,10-11,13H2. The van der Waals surface area contributed by atoms with Crippen LogP contribution in [0.4, 0.5) is 0 Å². The molecule has 1 N–H and O–H groups in total. The molecule has 0 unspecified atom stereocenters. The van der Waals surface area contributed by atoms with Crippen molar-refractivity contribution in [2.45, 2.75) is 13.0 Å². The fraction of sp³-hybridized carbons (Fsp3) is 0.188. The lowest BCUT2D eigenvalue weighted by atomic mass is 10.1. The topological polar surface area (TPSA) is 70.0 Å². The molecule has 0 aliphatic rings. The number of rotatable bonds is 6. The summed E-state index contributed by atoms with van der Waals surface area (Å²) in [5.74, 6) is 0.0628. The van der Waals surface area contributed by atoms with Crippen LogP contribution in [0, 0.1) is 11.3 Å². The number of nitriles is 1. The first kappa shape index (κ1) is 15.2. The Labute approximate surface area is 125 Å². The highest BCUT2D eigenvalue weighted by molar-refractivity contribution is 7.89. The number of aryl methyl sites for hydroxylation is 1. The van der Waals surface area contributed by atoms with Gasteiger partial charge in [-0.2, -0.15) is 5.26 Å². The van der Waals surface area contributed by atoms with Crippen LogP contribution in [0.1, 0.15) is 16.7 Å². The highest BCUT2D eigenvalue weighted by Crippen LogP contribution is 2.05. The van der Waals surface area contributed by atoms with Gasteiger partial charge in [0, 0.05) is 6.54 Å². The molecule has 0 spiro atoms. The summed E-state index contributed by atoms with van der Waals surface area (Å²) < 4.78 is 26.4. The van der Waals surface area contributed by atoms with Gasteiger partial charge in [0.15, 0.2) is 0 Å². The van der Waals surface area contributed by atoms with Crippen molar-refractivity contribution in [3.05, 3.63) is 71.3 Å². The molecule has 0 aliphatic heterocycles. The predicted octanol–water partition coefficient (Wildman–Crippen LogP) is 2.22. The number of benzene rings is 2. The minimum absolute atomic E-state index is 0.0628. The molecule has 2 rings (SSSR count). The van der Waals surface area contributed by atoms with Gasteiger partial charge in [-0.05, 0) is 29.7 Å². The second-order valence-corrected chi connectivity index (χ2v) is 6.61. The van der Waals surface area contributed by atoms with Crippen LogP contribution in [-0.2, 0) is 23.0 Å². The Kier molecular flexibility index (Phi) is 5.09. The number of hydrogen-bond acceptors (Lipinski definition) is 3. The predicted molar refractivity (Wildman–Crippen MR) is 81.9 cm³/mol. The first-order valence-electron chi connectivity index (χ1n) is 6.59. The fourth-order valence-electron chi connectivity index (χ4n) is 1.86. The van der Waals surface area contributed by atoms with Crippen LogP contribution in [-0.4, -0.2) is 14.2 Å². The highest BCUT2D eigenvalue weighted by atomic mass is 32.2. The third-order valence-electron chi connectivity index (χ3n) is 3.08. The van der Waals surface area contributed by atoms with Gasteiger partial charge in [0.1, 0.15) is 0 Å². The summed E-state index contributed by atoms with van der Waals surface area (Å²) in [4.78, 5) is 0. The maximum Gasteiger partial charge on any atom is 0.212 e. The van der Waals surface area contributed by atoms with Crippen molar-refractivity contribution in [3.63, 3.8) is 0 Å². The van der Waals surface area contributed by atoms with Crippen molar-refractivity contribution in [3.8, 4) is 6.07 Å². The molecule has 0 aliphatic carbocycles. The number of sulfonamides is 1. The third kappa shape index (κ3) is 5.03. The molecule has 21 heavy (non-hydrogen) atoms. The summed E-state index contributed by atoms with van der Waals surface area (Å²) in [5.41, 5.74) is 2.39. The molecular formula is C16H16N2O2S. The lowest BCUT2D eigenvalue weighted by molar-refractivity contribution is 0.580. The van der Waals surface area contributed by atoms with Crippen LogP contribution in [0.5, 0.6) is 0 Å². The van der Waals surface area contributed by atoms with E-state index in [-0.39, 0.29) is 12.3 Å².